The zero-order chi connectivity index (χ0) is 16.4. The number of nitrogens with one attached hydrogen (secondary N) is 1. The average Bonchev–Trinajstić information content (AvgIpc) is 2.95. The summed E-state index contributed by atoms with van der Waals surface area (Å²) in [6, 6.07) is 8.18. The highest BCUT2D eigenvalue weighted by molar-refractivity contribution is 7.14. The third kappa shape index (κ3) is 3.80. The highest BCUT2D eigenvalue weighted by Crippen LogP contribution is 2.32. The third-order valence-electron chi connectivity index (χ3n) is 2.94. The van der Waals surface area contributed by atoms with Crippen molar-refractivity contribution in [3.63, 3.8) is 0 Å². The van der Waals surface area contributed by atoms with E-state index in [1.54, 1.807) is 23.6 Å². The Kier molecular flexibility index (Phi) is 4.23. The minimum atomic E-state index is -4.43. The molecule has 1 aromatic carbocycles. The van der Waals surface area contributed by atoms with E-state index in [-0.39, 0.29) is 5.69 Å². The Balaban J connectivity index is 1.82. The van der Waals surface area contributed by atoms with Crippen molar-refractivity contribution < 1.29 is 13.2 Å². The van der Waals surface area contributed by atoms with Crippen LogP contribution >= 0.6 is 22.9 Å². The molecular formula is C15H9ClF3N3S. The lowest BCUT2D eigenvalue weighted by molar-refractivity contribution is -0.137. The molecule has 0 unspecified atom stereocenters. The van der Waals surface area contributed by atoms with Crippen molar-refractivity contribution in [3.8, 4) is 11.3 Å². The van der Waals surface area contributed by atoms with Crippen molar-refractivity contribution in [1.82, 2.24) is 9.97 Å². The van der Waals surface area contributed by atoms with Crippen LogP contribution in [0.4, 0.5) is 24.0 Å². The predicted octanol–water partition coefficient (Wildman–Crippen LogP) is 5.62. The number of nitrogens with zero attached hydrogens (tertiary/aromatic N) is 2. The van der Waals surface area contributed by atoms with E-state index in [2.05, 4.69) is 15.3 Å². The van der Waals surface area contributed by atoms with Crippen molar-refractivity contribution in [3.05, 3.63) is 58.7 Å². The molecule has 0 spiro atoms. The van der Waals surface area contributed by atoms with E-state index in [9.17, 15) is 13.2 Å². The number of rotatable bonds is 3. The highest BCUT2D eigenvalue weighted by atomic mass is 35.5. The van der Waals surface area contributed by atoms with E-state index < -0.39 is 11.7 Å². The minimum absolute atomic E-state index is 0.229. The number of anilines is 2. The van der Waals surface area contributed by atoms with E-state index in [1.165, 1.54) is 17.5 Å². The molecule has 3 aromatic rings. The number of pyridine rings is 1. The lowest BCUT2D eigenvalue weighted by Crippen LogP contribution is -2.06. The first-order valence-corrected chi connectivity index (χ1v) is 7.68. The van der Waals surface area contributed by atoms with Crippen LogP contribution in [0.1, 0.15) is 5.56 Å². The van der Waals surface area contributed by atoms with Crippen molar-refractivity contribution in [1.29, 1.82) is 0 Å². The van der Waals surface area contributed by atoms with Crippen LogP contribution in [-0.2, 0) is 6.18 Å². The summed E-state index contributed by atoms with van der Waals surface area (Å²) < 4.78 is 38.0. The van der Waals surface area contributed by atoms with Crippen molar-refractivity contribution in [2.24, 2.45) is 0 Å². The fraction of sp³-hybridized carbons (Fsp3) is 0.0667. The molecule has 0 saturated carbocycles. The van der Waals surface area contributed by atoms with Crippen molar-refractivity contribution in [2.45, 2.75) is 6.18 Å². The number of aromatic nitrogens is 2. The molecule has 0 saturated heterocycles. The van der Waals surface area contributed by atoms with Gasteiger partial charge in [0.2, 0.25) is 0 Å². The quantitative estimate of drug-likeness (QED) is 0.662. The third-order valence-corrected chi connectivity index (χ3v) is 3.93. The van der Waals surface area contributed by atoms with Crippen LogP contribution in [0, 0.1) is 0 Å². The standard InChI is InChI=1S/C15H9ClF3N3S/c16-11-3-1-2-9(4-11)13-8-23-14(22-13)21-12-5-10(6-20-7-12)15(17,18)19/h1-8H,(H,21,22). The Morgan fingerprint density at radius 2 is 1.96 bits per heavy atom. The van der Waals surface area contributed by atoms with Crippen LogP contribution < -0.4 is 5.32 Å². The maximum absolute atomic E-state index is 12.7. The molecule has 23 heavy (non-hydrogen) atoms. The molecule has 0 aliphatic carbocycles. The van der Waals surface area contributed by atoms with E-state index in [1.807, 2.05) is 6.07 Å². The van der Waals surface area contributed by atoms with Gasteiger partial charge < -0.3 is 5.32 Å². The van der Waals surface area contributed by atoms with Crippen molar-refractivity contribution >= 4 is 33.8 Å². The van der Waals surface area contributed by atoms with Gasteiger partial charge in [-0.25, -0.2) is 4.98 Å². The molecule has 0 bridgehead atoms. The first-order chi connectivity index (χ1) is 10.9. The summed E-state index contributed by atoms with van der Waals surface area (Å²) in [6.07, 6.45) is -2.33. The van der Waals surface area contributed by atoms with E-state index in [0.29, 0.717) is 15.8 Å². The number of hydrogen-bond donors (Lipinski definition) is 1. The van der Waals surface area contributed by atoms with Gasteiger partial charge in [0.05, 0.1) is 23.1 Å². The molecule has 0 atom stereocenters. The summed E-state index contributed by atoms with van der Waals surface area (Å²) in [5, 5.41) is 5.70. The van der Waals surface area contributed by atoms with Crippen LogP contribution in [0.25, 0.3) is 11.3 Å². The average molecular weight is 356 g/mol. The lowest BCUT2D eigenvalue weighted by Gasteiger charge is -2.08. The van der Waals surface area contributed by atoms with Crippen LogP contribution in [0.5, 0.6) is 0 Å². The van der Waals surface area contributed by atoms with Gasteiger partial charge in [-0.3, -0.25) is 4.98 Å². The van der Waals surface area contributed by atoms with Gasteiger partial charge in [-0.15, -0.1) is 11.3 Å². The first kappa shape index (κ1) is 15.8. The first-order valence-electron chi connectivity index (χ1n) is 6.42. The molecule has 0 aliphatic rings. The Hall–Kier alpha value is -2.12. The molecule has 118 valence electrons. The number of benzene rings is 1. The second kappa shape index (κ2) is 6.17. The molecular weight excluding hydrogens is 347 g/mol. The van der Waals surface area contributed by atoms with Gasteiger partial charge >= 0.3 is 6.18 Å². The number of hydrogen-bond acceptors (Lipinski definition) is 4. The molecule has 0 amide bonds. The number of thiazole rings is 1. The van der Waals surface area contributed by atoms with Gasteiger partial charge in [-0.05, 0) is 18.2 Å². The molecule has 0 fully saturated rings. The Labute approximate surface area is 138 Å². The highest BCUT2D eigenvalue weighted by Gasteiger charge is 2.31. The van der Waals surface area contributed by atoms with Crippen LogP contribution in [0.3, 0.4) is 0 Å². The van der Waals surface area contributed by atoms with Gasteiger partial charge in [-0.1, -0.05) is 23.7 Å². The van der Waals surface area contributed by atoms with Gasteiger partial charge in [0, 0.05) is 22.2 Å². The fourth-order valence-electron chi connectivity index (χ4n) is 1.90. The van der Waals surface area contributed by atoms with Gasteiger partial charge in [-0.2, -0.15) is 13.2 Å². The predicted molar refractivity (Wildman–Crippen MR) is 85.1 cm³/mol. The van der Waals surface area contributed by atoms with Crippen LogP contribution in [-0.4, -0.2) is 9.97 Å². The molecule has 3 rings (SSSR count). The van der Waals surface area contributed by atoms with E-state index >= 15 is 0 Å². The molecule has 1 N–H and O–H groups in total. The summed E-state index contributed by atoms with van der Waals surface area (Å²) in [5.74, 6) is 0. The topological polar surface area (TPSA) is 37.8 Å². The monoisotopic (exact) mass is 355 g/mol. The van der Waals surface area contributed by atoms with Gasteiger partial charge in [0.1, 0.15) is 0 Å². The van der Waals surface area contributed by atoms with Crippen LogP contribution in [0.2, 0.25) is 5.02 Å². The zero-order valence-corrected chi connectivity index (χ0v) is 13.0. The summed E-state index contributed by atoms with van der Waals surface area (Å²) in [6.45, 7) is 0. The SMILES string of the molecule is FC(F)(F)c1cncc(Nc2nc(-c3cccc(Cl)c3)cs2)c1. The maximum Gasteiger partial charge on any atom is 0.417 e. The second-order valence-electron chi connectivity index (χ2n) is 4.63. The van der Waals surface area contributed by atoms with Crippen molar-refractivity contribution in [2.75, 3.05) is 5.32 Å². The zero-order valence-electron chi connectivity index (χ0n) is 11.4. The molecule has 8 heteroatoms. The Morgan fingerprint density at radius 3 is 2.70 bits per heavy atom. The Bertz CT molecular complexity index is 833. The smallest absolute Gasteiger partial charge is 0.330 e. The fourth-order valence-corrected chi connectivity index (χ4v) is 2.83. The summed E-state index contributed by atoms with van der Waals surface area (Å²) in [5.41, 5.74) is 0.949. The lowest BCUT2D eigenvalue weighted by atomic mass is 10.2. The van der Waals surface area contributed by atoms with Gasteiger partial charge in [0.25, 0.3) is 0 Å². The van der Waals surface area contributed by atoms with E-state index in [0.717, 1.165) is 17.8 Å². The van der Waals surface area contributed by atoms with E-state index in [4.69, 9.17) is 11.6 Å². The molecule has 0 aliphatic heterocycles. The summed E-state index contributed by atoms with van der Waals surface area (Å²) >= 11 is 7.22. The minimum Gasteiger partial charge on any atom is -0.330 e. The maximum atomic E-state index is 12.7. The van der Waals surface area contributed by atoms with Crippen LogP contribution in [0.15, 0.2) is 48.1 Å². The normalized spacial score (nSPS) is 11.5. The molecule has 2 heterocycles. The molecule has 2 aromatic heterocycles. The second-order valence-corrected chi connectivity index (χ2v) is 5.93. The Morgan fingerprint density at radius 1 is 1.13 bits per heavy atom. The van der Waals surface area contributed by atoms with Gasteiger partial charge in [0.15, 0.2) is 5.13 Å². The molecule has 3 nitrogen and oxygen atoms in total. The summed E-state index contributed by atoms with van der Waals surface area (Å²) in [4.78, 5) is 7.95. The largest absolute Gasteiger partial charge is 0.417 e. The summed E-state index contributed by atoms with van der Waals surface area (Å²) in [7, 11) is 0. The number of alkyl halides is 3. The number of halogens is 4. The molecule has 0 radical (unpaired) electrons.